The second-order valence-corrected chi connectivity index (χ2v) is 5.57. The Morgan fingerprint density at radius 1 is 1.29 bits per heavy atom. The maximum Gasteiger partial charge on any atom is 0.191 e. The molecule has 2 aromatic rings. The summed E-state index contributed by atoms with van der Waals surface area (Å²) in [6, 6.07) is 12.2. The van der Waals surface area contributed by atoms with Crippen molar-refractivity contribution in [2.24, 2.45) is 4.99 Å². The zero-order valence-electron chi connectivity index (χ0n) is 12.3. The normalized spacial score (nSPS) is 13.0. The number of guanidine groups is 1. The van der Waals surface area contributed by atoms with Crippen LogP contribution in [0.15, 0.2) is 56.5 Å². The van der Waals surface area contributed by atoms with Crippen molar-refractivity contribution in [1.82, 2.24) is 10.6 Å². The summed E-state index contributed by atoms with van der Waals surface area (Å²) in [6.45, 7) is 2.88. The maximum atomic E-state index is 5.31. The lowest BCUT2D eigenvalue weighted by Gasteiger charge is -2.19. The molecule has 0 spiro atoms. The van der Waals surface area contributed by atoms with E-state index in [2.05, 4.69) is 44.5 Å². The molecule has 1 unspecified atom stereocenters. The van der Waals surface area contributed by atoms with Crippen LogP contribution in [0.4, 0.5) is 0 Å². The van der Waals surface area contributed by atoms with Gasteiger partial charge in [0.15, 0.2) is 5.96 Å². The lowest BCUT2D eigenvalue weighted by atomic mass is 10.1. The summed E-state index contributed by atoms with van der Waals surface area (Å²) in [5, 5.41) is 6.67. The second-order valence-electron chi connectivity index (χ2n) is 4.72. The van der Waals surface area contributed by atoms with E-state index in [1.807, 2.05) is 30.3 Å². The molecule has 0 aliphatic heterocycles. The molecule has 112 valence electrons. The third-order valence-corrected chi connectivity index (χ3v) is 3.91. The Morgan fingerprint density at radius 3 is 2.76 bits per heavy atom. The zero-order valence-corrected chi connectivity index (χ0v) is 13.9. The molecule has 0 saturated carbocycles. The molecule has 1 aromatic carbocycles. The standard InChI is InChI=1S/C16H20BrN3O/c1-12(14-7-3-4-8-15(14)17)20-16(18-2)19-10-9-13-6-5-11-21-13/h3-8,11-12H,9-10H2,1-2H3,(H2,18,19,20). The van der Waals surface area contributed by atoms with E-state index in [1.54, 1.807) is 13.3 Å². The van der Waals surface area contributed by atoms with Gasteiger partial charge in [0, 0.05) is 24.5 Å². The smallest absolute Gasteiger partial charge is 0.191 e. The monoisotopic (exact) mass is 349 g/mol. The third-order valence-electron chi connectivity index (χ3n) is 3.19. The predicted octanol–water partition coefficient (Wildman–Crippen LogP) is 3.51. The highest BCUT2D eigenvalue weighted by molar-refractivity contribution is 9.10. The van der Waals surface area contributed by atoms with Crippen molar-refractivity contribution in [2.75, 3.05) is 13.6 Å². The first-order valence-electron chi connectivity index (χ1n) is 6.94. The molecule has 1 atom stereocenters. The number of aliphatic imine (C=N–C) groups is 1. The Hall–Kier alpha value is -1.75. The SMILES string of the molecule is CN=C(NCCc1ccco1)NC(C)c1ccccc1Br. The molecule has 2 N–H and O–H groups in total. The summed E-state index contributed by atoms with van der Waals surface area (Å²) in [4.78, 5) is 4.25. The molecule has 2 rings (SSSR count). The van der Waals surface area contributed by atoms with E-state index in [9.17, 15) is 0 Å². The summed E-state index contributed by atoms with van der Waals surface area (Å²) in [6.07, 6.45) is 2.52. The Morgan fingerprint density at radius 2 is 2.10 bits per heavy atom. The van der Waals surface area contributed by atoms with Crippen LogP contribution in [0.5, 0.6) is 0 Å². The minimum atomic E-state index is 0.162. The summed E-state index contributed by atoms with van der Waals surface area (Å²) in [7, 11) is 1.77. The molecule has 4 nitrogen and oxygen atoms in total. The fourth-order valence-electron chi connectivity index (χ4n) is 2.06. The molecule has 0 aliphatic rings. The number of nitrogens with one attached hydrogen (secondary N) is 2. The van der Waals surface area contributed by atoms with Gasteiger partial charge in [-0.25, -0.2) is 0 Å². The van der Waals surface area contributed by atoms with Crippen molar-refractivity contribution in [1.29, 1.82) is 0 Å². The largest absolute Gasteiger partial charge is 0.469 e. The summed E-state index contributed by atoms with van der Waals surface area (Å²) in [5.41, 5.74) is 1.20. The first-order chi connectivity index (χ1) is 10.2. The molecule has 0 saturated heterocycles. The molecule has 5 heteroatoms. The summed E-state index contributed by atoms with van der Waals surface area (Å²) in [5.74, 6) is 1.75. The van der Waals surface area contributed by atoms with Crippen molar-refractivity contribution in [3.8, 4) is 0 Å². The van der Waals surface area contributed by atoms with E-state index < -0.39 is 0 Å². The van der Waals surface area contributed by atoms with Gasteiger partial charge in [-0.15, -0.1) is 0 Å². The van der Waals surface area contributed by atoms with E-state index >= 15 is 0 Å². The Kier molecular flexibility index (Phi) is 5.87. The van der Waals surface area contributed by atoms with Gasteiger partial charge in [0.25, 0.3) is 0 Å². The first kappa shape index (κ1) is 15.6. The van der Waals surface area contributed by atoms with Crippen molar-refractivity contribution in [2.45, 2.75) is 19.4 Å². The highest BCUT2D eigenvalue weighted by Crippen LogP contribution is 2.22. The summed E-state index contributed by atoms with van der Waals surface area (Å²) < 4.78 is 6.40. The molecule has 1 heterocycles. The van der Waals surface area contributed by atoms with Crippen LogP contribution in [-0.2, 0) is 6.42 Å². The minimum Gasteiger partial charge on any atom is -0.469 e. The minimum absolute atomic E-state index is 0.162. The highest BCUT2D eigenvalue weighted by Gasteiger charge is 2.10. The van der Waals surface area contributed by atoms with Gasteiger partial charge in [0.05, 0.1) is 12.3 Å². The average molecular weight is 350 g/mol. The Bertz CT molecular complexity index is 581. The van der Waals surface area contributed by atoms with Crippen LogP contribution >= 0.6 is 15.9 Å². The van der Waals surface area contributed by atoms with Gasteiger partial charge in [-0.3, -0.25) is 4.99 Å². The van der Waals surface area contributed by atoms with Gasteiger partial charge in [-0.05, 0) is 30.7 Å². The molecule has 0 radical (unpaired) electrons. The van der Waals surface area contributed by atoms with Crippen LogP contribution in [0.2, 0.25) is 0 Å². The fourth-order valence-corrected chi connectivity index (χ4v) is 2.69. The van der Waals surface area contributed by atoms with Gasteiger partial charge in [0.1, 0.15) is 5.76 Å². The average Bonchev–Trinajstić information content (AvgIpc) is 2.99. The number of nitrogens with zero attached hydrogens (tertiary/aromatic N) is 1. The molecule has 0 amide bonds. The van der Waals surface area contributed by atoms with Crippen molar-refractivity contribution >= 4 is 21.9 Å². The van der Waals surface area contributed by atoms with E-state index in [4.69, 9.17) is 4.42 Å². The van der Waals surface area contributed by atoms with Gasteiger partial charge in [0.2, 0.25) is 0 Å². The highest BCUT2D eigenvalue weighted by atomic mass is 79.9. The Balaban J connectivity index is 1.86. The molecular weight excluding hydrogens is 330 g/mol. The van der Waals surface area contributed by atoms with E-state index in [0.717, 1.165) is 29.2 Å². The molecular formula is C16H20BrN3O. The topological polar surface area (TPSA) is 49.6 Å². The van der Waals surface area contributed by atoms with E-state index in [1.165, 1.54) is 5.56 Å². The molecule has 0 aliphatic carbocycles. The van der Waals surface area contributed by atoms with Crippen molar-refractivity contribution in [3.05, 3.63) is 58.5 Å². The number of hydrogen-bond acceptors (Lipinski definition) is 2. The first-order valence-corrected chi connectivity index (χ1v) is 7.74. The number of halogens is 1. The van der Waals surface area contributed by atoms with E-state index in [-0.39, 0.29) is 6.04 Å². The molecule has 0 bridgehead atoms. The number of furan rings is 1. The van der Waals surface area contributed by atoms with Crippen molar-refractivity contribution < 1.29 is 4.42 Å². The van der Waals surface area contributed by atoms with Crippen molar-refractivity contribution in [3.63, 3.8) is 0 Å². The van der Waals surface area contributed by atoms with Gasteiger partial charge < -0.3 is 15.1 Å². The van der Waals surface area contributed by atoms with Gasteiger partial charge >= 0.3 is 0 Å². The van der Waals surface area contributed by atoms with Crippen LogP contribution in [0.1, 0.15) is 24.3 Å². The zero-order chi connectivity index (χ0) is 15.1. The molecule has 1 aromatic heterocycles. The lowest BCUT2D eigenvalue weighted by molar-refractivity contribution is 0.506. The number of rotatable bonds is 5. The van der Waals surface area contributed by atoms with Gasteiger partial charge in [-0.2, -0.15) is 0 Å². The fraction of sp³-hybridized carbons (Fsp3) is 0.312. The molecule has 0 fully saturated rings. The Labute approximate surface area is 133 Å². The number of benzene rings is 1. The third kappa shape index (κ3) is 4.63. The van der Waals surface area contributed by atoms with Crippen LogP contribution < -0.4 is 10.6 Å². The van der Waals surface area contributed by atoms with E-state index in [0.29, 0.717) is 0 Å². The second kappa shape index (κ2) is 7.88. The lowest BCUT2D eigenvalue weighted by Crippen LogP contribution is -2.39. The maximum absolute atomic E-state index is 5.31. The molecule has 21 heavy (non-hydrogen) atoms. The van der Waals surface area contributed by atoms with Crippen LogP contribution in [0.3, 0.4) is 0 Å². The van der Waals surface area contributed by atoms with Gasteiger partial charge in [-0.1, -0.05) is 34.1 Å². The quantitative estimate of drug-likeness (QED) is 0.641. The van der Waals surface area contributed by atoms with Crippen LogP contribution in [0.25, 0.3) is 0 Å². The number of hydrogen-bond donors (Lipinski definition) is 2. The summed E-state index contributed by atoms with van der Waals surface area (Å²) >= 11 is 3.57. The predicted molar refractivity (Wildman–Crippen MR) is 89.5 cm³/mol. The van der Waals surface area contributed by atoms with Crippen LogP contribution in [-0.4, -0.2) is 19.6 Å². The van der Waals surface area contributed by atoms with Crippen LogP contribution in [0, 0.1) is 0 Å².